The van der Waals surface area contributed by atoms with Crippen molar-refractivity contribution in [3.8, 4) is 0 Å². The summed E-state index contributed by atoms with van der Waals surface area (Å²) in [5.74, 6) is 0.199. The van der Waals surface area contributed by atoms with Crippen LogP contribution in [0.1, 0.15) is 72.6 Å². The van der Waals surface area contributed by atoms with Crippen molar-refractivity contribution in [2.24, 2.45) is 0 Å². The molecule has 2 heteroatoms. The fourth-order valence-electron chi connectivity index (χ4n) is 2.38. The Labute approximate surface area is 94.8 Å². The third-order valence-corrected chi connectivity index (χ3v) is 2.91. The van der Waals surface area contributed by atoms with E-state index in [-0.39, 0.29) is 11.4 Å². The normalized spacial score (nSPS) is 11.5. The van der Waals surface area contributed by atoms with E-state index in [1.165, 1.54) is 0 Å². The smallest absolute Gasteiger partial charge is 0.220 e. The van der Waals surface area contributed by atoms with Crippen LogP contribution in [0, 0.1) is 0 Å². The van der Waals surface area contributed by atoms with Crippen LogP contribution in [0.25, 0.3) is 0 Å². The maximum absolute atomic E-state index is 11.5. The van der Waals surface area contributed by atoms with E-state index in [0.717, 1.165) is 38.5 Å². The first-order valence-electron chi connectivity index (χ1n) is 6.45. The molecule has 2 nitrogen and oxygen atoms in total. The molecule has 0 saturated heterocycles. The van der Waals surface area contributed by atoms with Gasteiger partial charge in [0, 0.05) is 12.0 Å². The summed E-state index contributed by atoms with van der Waals surface area (Å²) in [6, 6.07) is 0. The molecule has 0 aliphatic heterocycles. The minimum Gasteiger partial charge on any atom is -0.351 e. The Balaban J connectivity index is 4.51. The monoisotopic (exact) mass is 213 g/mol. The first kappa shape index (κ1) is 14.5. The summed E-state index contributed by atoms with van der Waals surface area (Å²) >= 11 is 0. The molecule has 15 heavy (non-hydrogen) atoms. The van der Waals surface area contributed by atoms with Gasteiger partial charge in [-0.25, -0.2) is 0 Å². The van der Waals surface area contributed by atoms with Crippen molar-refractivity contribution in [1.82, 2.24) is 5.32 Å². The average Bonchev–Trinajstić information content (AvgIpc) is 2.18. The van der Waals surface area contributed by atoms with Crippen LogP contribution in [0.2, 0.25) is 0 Å². The maximum Gasteiger partial charge on any atom is 0.220 e. The largest absolute Gasteiger partial charge is 0.351 e. The van der Waals surface area contributed by atoms with Crippen molar-refractivity contribution >= 4 is 5.91 Å². The average molecular weight is 213 g/mol. The highest BCUT2D eigenvalue weighted by Gasteiger charge is 2.28. The lowest BCUT2D eigenvalue weighted by molar-refractivity contribution is -0.123. The van der Waals surface area contributed by atoms with Gasteiger partial charge < -0.3 is 5.32 Å². The molecular weight excluding hydrogens is 186 g/mol. The van der Waals surface area contributed by atoms with E-state index >= 15 is 0 Å². The van der Waals surface area contributed by atoms with Gasteiger partial charge >= 0.3 is 0 Å². The van der Waals surface area contributed by atoms with Crippen LogP contribution < -0.4 is 5.32 Å². The van der Waals surface area contributed by atoms with Gasteiger partial charge in [-0.2, -0.15) is 0 Å². The van der Waals surface area contributed by atoms with E-state index in [9.17, 15) is 4.79 Å². The molecule has 0 fully saturated rings. The van der Waals surface area contributed by atoms with Crippen LogP contribution in [0.4, 0.5) is 0 Å². The van der Waals surface area contributed by atoms with Crippen LogP contribution in [-0.2, 0) is 4.79 Å². The van der Waals surface area contributed by atoms with E-state index in [0.29, 0.717) is 6.42 Å². The second-order valence-corrected chi connectivity index (χ2v) is 4.43. The van der Waals surface area contributed by atoms with Gasteiger partial charge in [0.05, 0.1) is 0 Å². The van der Waals surface area contributed by atoms with Crippen molar-refractivity contribution in [1.29, 1.82) is 0 Å². The van der Waals surface area contributed by atoms with Crippen molar-refractivity contribution < 1.29 is 4.79 Å². The molecule has 0 spiro atoms. The summed E-state index contributed by atoms with van der Waals surface area (Å²) in [5, 5.41) is 3.24. The first-order chi connectivity index (χ1) is 7.14. The molecule has 0 aliphatic rings. The van der Waals surface area contributed by atoms with E-state index < -0.39 is 0 Å². The van der Waals surface area contributed by atoms with Crippen LogP contribution >= 0.6 is 0 Å². The highest BCUT2D eigenvalue weighted by atomic mass is 16.1. The number of carbonyl (C=O) groups is 1. The lowest BCUT2D eigenvalue weighted by Gasteiger charge is -2.34. The summed E-state index contributed by atoms with van der Waals surface area (Å²) in [7, 11) is 0. The van der Waals surface area contributed by atoms with Gasteiger partial charge in [-0.1, -0.05) is 47.0 Å². The van der Waals surface area contributed by atoms with Crippen LogP contribution in [0.3, 0.4) is 0 Å². The molecule has 0 aromatic carbocycles. The second-order valence-electron chi connectivity index (χ2n) is 4.43. The Morgan fingerprint density at radius 3 is 1.60 bits per heavy atom. The zero-order valence-corrected chi connectivity index (χ0v) is 10.9. The summed E-state index contributed by atoms with van der Waals surface area (Å²) in [5.41, 5.74) is 0.0747. The Morgan fingerprint density at radius 1 is 0.933 bits per heavy atom. The predicted molar refractivity (Wildman–Crippen MR) is 65.9 cm³/mol. The van der Waals surface area contributed by atoms with Crippen LogP contribution in [0.15, 0.2) is 0 Å². The molecule has 0 unspecified atom stereocenters. The SMILES string of the molecule is CCCC(CCC)(CCC)NC(=O)CC. The molecule has 90 valence electrons. The fraction of sp³-hybridized carbons (Fsp3) is 0.923. The molecular formula is C13H27NO. The second kappa shape index (κ2) is 7.72. The highest BCUT2D eigenvalue weighted by molar-refractivity contribution is 5.76. The van der Waals surface area contributed by atoms with E-state index in [4.69, 9.17) is 0 Å². The lowest BCUT2D eigenvalue weighted by Crippen LogP contribution is -2.48. The standard InChI is InChI=1S/C13H27NO/c1-5-9-13(10-6-2,11-7-3)14-12(15)8-4/h5-11H2,1-4H3,(H,14,15). The molecule has 1 amide bonds. The van der Waals surface area contributed by atoms with Crippen LogP contribution in [0.5, 0.6) is 0 Å². The minimum absolute atomic E-state index is 0.0747. The van der Waals surface area contributed by atoms with Gasteiger partial charge in [-0.3, -0.25) is 4.79 Å². The van der Waals surface area contributed by atoms with Gasteiger partial charge in [0.1, 0.15) is 0 Å². The molecule has 1 N–H and O–H groups in total. The van der Waals surface area contributed by atoms with Crippen molar-refractivity contribution in [2.75, 3.05) is 0 Å². The molecule has 0 aromatic rings. The van der Waals surface area contributed by atoms with Gasteiger partial charge in [0.2, 0.25) is 5.91 Å². The minimum atomic E-state index is 0.0747. The molecule has 0 aromatic heterocycles. The van der Waals surface area contributed by atoms with E-state index in [1.54, 1.807) is 0 Å². The Morgan fingerprint density at radius 2 is 1.33 bits per heavy atom. The van der Waals surface area contributed by atoms with E-state index in [1.807, 2.05) is 6.92 Å². The van der Waals surface area contributed by atoms with Crippen molar-refractivity contribution in [3.63, 3.8) is 0 Å². The maximum atomic E-state index is 11.5. The Hall–Kier alpha value is -0.530. The third-order valence-electron chi connectivity index (χ3n) is 2.91. The molecule has 0 atom stereocenters. The number of hydrogen-bond donors (Lipinski definition) is 1. The van der Waals surface area contributed by atoms with Gasteiger partial charge in [-0.15, -0.1) is 0 Å². The summed E-state index contributed by atoms with van der Waals surface area (Å²) in [4.78, 5) is 11.5. The lowest BCUT2D eigenvalue weighted by atomic mass is 9.84. The Kier molecular flexibility index (Phi) is 7.45. The first-order valence-corrected chi connectivity index (χ1v) is 6.45. The van der Waals surface area contributed by atoms with Gasteiger partial charge in [0.25, 0.3) is 0 Å². The number of rotatable bonds is 8. The molecule has 0 radical (unpaired) electrons. The molecule has 0 saturated carbocycles. The van der Waals surface area contributed by atoms with Crippen molar-refractivity contribution in [2.45, 2.75) is 78.2 Å². The molecule has 0 bridgehead atoms. The van der Waals surface area contributed by atoms with Crippen molar-refractivity contribution in [3.05, 3.63) is 0 Å². The zero-order chi connectivity index (χ0) is 11.7. The number of carbonyl (C=O) groups excluding carboxylic acids is 1. The molecule has 0 heterocycles. The number of hydrogen-bond acceptors (Lipinski definition) is 1. The fourth-order valence-corrected chi connectivity index (χ4v) is 2.38. The van der Waals surface area contributed by atoms with E-state index in [2.05, 4.69) is 26.1 Å². The zero-order valence-electron chi connectivity index (χ0n) is 10.9. The molecule has 0 aliphatic carbocycles. The Bertz CT molecular complexity index is 160. The summed E-state index contributed by atoms with van der Waals surface area (Å²) in [6.07, 6.45) is 7.36. The third kappa shape index (κ3) is 5.19. The highest BCUT2D eigenvalue weighted by Crippen LogP contribution is 2.25. The van der Waals surface area contributed by atoms with Crippen LogP contribution in [-0.4, -0.2) is 11.4 Å². The predicted octanol–water partition coefficient (Wildman–Crippen LogP) is 3.65. The summed E-state index contributed by atoms with van der Waals surface area (Å²) < 4.78 is 0. The number of amides is 1. The van der Waals surface area contributed by atoms with Gasteiger partial charge in [0.15, 0.2) is 0 Å². The quantitative estimate of drug-likeness (QED) is 0.655. The summed E-state index contributed by atoms with van der Waals surface area (Å²) in [6.45, 7) is 8.50. The number of nitrogens with one attached hydrogen (secondary N) is 1. The van der Waals surface area contributed by atoms with Gasteiger partial charge in [-0.05, 0) is 19.3 Å². The molecule has 0 rings (SSSR count). The topological polar surface area (TPSA) is 29.1 Å².